The molecule has 2 rings (SSSR count). The molecule has 15 heavy (non-hydrogen) atoms. The minimum absolute atomic E-state index is 0.00909. The minimum Gasteiger partial charge on any atom is -0.272 e. The quantitative estimate of drug-likeness (QED) is 0.719. The molecule has 4 heteroatoms. The predicted molar refractivity (Wildman–Crippen MR) is 61.2 cm³/mol. The van der Waals surface area contributed by atoms with Crippen molar-refractivity contribution in [2.75, 3.05) is 5.01 Å². The van der Waals surface area contributed by atoms with E-state index in [9.17, 15) is 4.79 Å². The first-order chi connectivity index (χ1) is 7.09. The number of amides is 1. The van der Waals surface area contributed by atoms with Gasteiger partial charge in [0.15, 0.2) is 0 Å². The van der Waals surface area contributed by atoms with Crippen LogP contribution in [0.3, 0.4) is 0 Å². The van der Waals surface area contributed by atoms with Crippen molar-refractivity contribution in [3.63, 3.8) is 0 Å². The number of halogens is 1. The van der Waals surface area contributed by atoms with Gasteiger partial charge in [-0.1, -0.05) is 11.6 Å². The summed E-state index contributed by atoms with van der Waals surface area (Å²) in [4.78, 5) is 11.8. The Balaban J connectivity index is 2.33. The van der Waals surface area contributed by atoms with Gasteiger partial charge in [-0.15, -0.1) is 0 Å². The molecule has 0 spiro atoms. The lowest BCUT2D eigenvalue weighted by Crippen LogP contribution is -2.24. The first kappa shape index (κ1) is 10.2. The molecule has 1 atom stereocenters. The topological polar surface area (TPSA) is 32.7 Å². The van der Waals surface area contributed by atoms with Crippen LogP contribution < -0.4 is 5.01 Å². The van der Waals surface area contributed by atoms with Gasteiger partial charge in [-0.25, -0.2) is 5.01 Å². The largest absolute Gasteiger partial charge is 0.272 e. The molecule has 78 valence electrons. The summed E-state index contributed by atoms with van der Waals surface area (Å²) in [7, 11) is 0. The van der Waals surface area contributed by atoms with Gasteiger partial charge in [0.25, 0.3) is 5.91 Å². The molecular weight excluding hydrogens is 212 g/mol. The summed E-state index contributed by atoms with van der Waals surface area (Å²) in [6.07, 6.45) is 0. The summed E-state index contributed by atoms with van der Waals surface area (Å²) in [6, 6.07) is 7.07. The third-order valence-corrected chi connectivity index (χ3v) is 2.79. The van der Waals surface area contributed by atoms with E-state index in [4.69, 9.17) is 11.6 Å². The molecule has 1 amide bonds. The van der Waals surface area contributed by atoms with Crippen molar-refractivity contribution in [2.24, 2.45) is 11.0 Å². The van der Waals surface area contributed by atoms with E-state index in [1.807, 2.05) is 13.8 Å². The standard InChI is InChI=1S/C11H11ClN2O/c1-7-8(2)13-14(11(7)15)10-5-3-9(12)4-6-10/h3-7H,1-2H3. The number of hydrogen-bond donors (Lipinski definition) is 0. The van der Waals surface area contributed by atoms with Crippen LogP contribution in [0.4, 0.5) is 5.69 Å². The molecule has 3 nitrogen and oxygen atoms in total. The second kappa shape index (κ2) is 3.66. The van der Waals surface area contributed by atoms with Gasteiger partial charge in [0.1, 0.15) is 0 Å². The van der Waals surface area contributed by atoms with Crippen molar-refractivity contribution in [1.29, 1.82) is 0 Å². The highest BCUT2D eigenvalue weighted by Gasteiger charge is 2.30. The summed E-state index contributed by atoms with van der Waals surface area (Å²) < 4.78 is 0. The SMILES string of the molecule is CC1=NN(c2ccc(Cl)cc2)C(=O)C1C. The van der Waals surface area contributed by atoms with Gasteiger partial charge >= 0.3 is 0 Å². The predicted octanol–water partition coefficient (Wildman–Crippen LogP) is 2.70. The number of rotatable bonds is 1. The molecule has 0 aromatic heterocycles. The highest BCUT2D eigenvalue weighted by atomic mass is 35.5. The molecule has 0 saturated carbocycles. The molecule has 0 aliphatic carbocycles. The number of carbonyl (C=O) groups is 1. The Morgan fingerprint density at radius 3 is 2.40 bits per heavy atom. The Kier molecular flexibility index (Phi) is 2.49. The molecule has 1 aliphatic heterocycles. The van der Waals surface area contributed by atoms with Gasteiger partial charge in [-0.2, -0.15) is 5.10 Å². The first-order valence-electron chi connectivity index (χ1n) is 4.74. The van der Waals surface area contributed by atoms with Gasteiger partial charge in [0, 0.05) is 10.7 Å². The third-order valence-electron chi connectivity index (χ3n) is 2.53. The number of hydrazone groups is 1. The lowest BCUT2D eigenvalue weighted by Gasteiger charge is -2.12. The number of carbonyl (C=O) groups excluding carboxylic acids is 1. The Hall–Kier alpha value is -1.35. The summed E-state index contributed by atoms with van der Waals surface area (Å²) in [5.74, 6) is -0.115. The Labute approximate surface area is 93.3 Å². The zero-order valence-electron chi connectivity index (χ0n) is 8.57. The van der Waals surface area contributed by atoms with E-state index in [0.717, 1.165) is 11.4 Å². The minimum atomic E-state index is -0.124. The fourth-order valence-corrected chi connectivity index (χ4v) is 1.55. The highest BCUT2D eigenvalue weighted by molar-refractivity contribution is 6.30. The van der Waals surface area contributed by atoms with Crippen LogP contribution in [0.5, 0.6) is 0 Å². The Bertz CT molecular complexity index is 425. The average Bonchev–Trinajstić information content (AvgIpc) is 2.47. The number of benzene rings is 1. The lowest BCUT2D eigenvalue weighted by molar-refractivity contribution is -0.119. The maximum atomic E-state index is 11.8. The van der Waals surface area contributed by atoms with E-state index in [1.54, 1.807) is 24.3 Å². The van der Waals surface area contributed by atoms with Crippen LogP contribution >= 0.6 is 11.6 Å². The number of anilines is 1. The maximum absolute atomic E-state index is 11.8. The summed E-state index contributed by atoms with van der Waals surface area (Å²) in [6.45, 7) is 3.72. The Morgan fingerprint density at radius 2 is 1.93 bits per heavy atom. The molecule has 0 N–H and O–H groups in total. The van der Waals surface area contributed by atoms with E-state index in [2.05, 4.69) is 5.10 Å². The van der Waals surface area contributed by atoms with Crippen molar-refractivity contribution < 1.29 is 4.79 Å². The van der Waals surface area contributed by atoms with E-state index < -0.39 is 0 Å². The summed E-state index contributed by atoms with van der Waals surface area (Å²) in [5.41, 5.74) is 1.60. The molecule has 1 aromatic carbocycles. The van der Waals surface area contributed by atoms with Gasteiger partial charge in [0.05, 0.1) is 11.6 Å². The third kappa shape index (κ3) is 1.75. The van der Waals surface area contributed by atoms with Crippen molar-refractivity contribution in [3.8, 4) is 0 Å². The molecule has 1 heterocycles. The fraction of sp³-hybridized carbons (Fsp3) is 0.273. The van der Waals surface area contributed by atoms with Crippen LogP contribution in [-0.4, -0.2) is 11.6 Å². The van der Waals surface area contributed by atoms with Crippen LogP contribution in [0.2, 0.25) is 5.02 Å². The number of nitrogens with zero attached hydrogens (tertiary/aromatic N) is 2. The van der Waals surface area contributed by atoms with Crippen LogP contribution in [-0.2, 0) is 4.79 Å². The van der Waals surface area contributed by atoms with Gasteiger partial charge in [-0.05, 0) is 38.1 Å². The van der Waals surface area contributed by atoms with Crippen LogP contribution in [0.25, 0.3) is 0 Å². The van der Waals surface area contributed by atoms with E-state index in [-0.39, 0.29) is 11.8 Å². The zero-order valence-corrected chi connectivity index (χ0v) is 9.32. The van der Waals surface area contributed by atoms with E-state index >= 15 is 0 Å². The second-order valence-electron chi connectivity index (χ2n) is 3.59. The smallest absolute Gasteiger partial charge is 0.255 e. The monoisotopic (exact) mass is 222 g/mol. The average molecular weight is 223 g/mol. The van der Waals surface area contributed by atoms with Crippen LogP contribution in [0, 0.1) is 5.92 Å². The summed E-state index contributed by atoms with van der Waals surface area (Å²) in [5, 5.41) is 6.29. The summed E-state index contributed by atoms with van der Waals surface area (Å²) >= 11 is 5.77. The number of hydrogen-bond acceptors (Lipinski definition) is 2. The molecule has 0 saturated heterocycles. The van der Waals surface area contributed by atoms with Crippen molar-refractivity contribution in [1.82, 2.24) is 0 Å². The molecule has 1 unspecified atom stereocenters. The van der Waals surface area contributed by atoms with Crippen LogP contribution in [0.1, 0.15) is 13.8 Å². The van der Waals surface area contributed by atoms with E-state index in [1.165, 1.54) is 5.01 Å². The molecule has 1 aromatic rings. The lowest BCUT2D eigenvalue weighted by atomic mass is 10.1. The fourth-order valence-electron chi connectivity index (χ4n) is 1.42. The molecule has 0 radical (unpaired) electrons. The second-order valence-corrected chi connectivity index (χ2v) is 4.03. The molecular formula is C11H11ClN2O. The van der Waals surface area contributed by atoms with Crippen molar-refractivity contribution >= 4 is 28.9 Å². The van der Waals surface area contributed by atoms with Crippen LogP contribution in [0.15, 0.2) is 29.4 Å². The zero-order chi connectivity index (χ0) is 11.0. The normalized spacial score (nSPS) is 20.7. The Morgan fingerprint density at radius 1 is 1.33 bits per heavy atom. The van der Waals surface area contributed by atoms with Crippen molar-refractivity contribution in [2.45, 2.75) is 13.8 Å². The molecule has 0 bridgehead atoms. The first-order valence-corrected chi connectivity index (χ1v) is 5.12. The van der Waals surface area contributed by atoms with E-state index in [0.29, 0.717) is 5.02 Å². The van der Waals surface area contributed by atoms with Gasteiger partial charge in [0.2, 0.25) is 0 Å². The molecule has 0 fully saturated rings. The van der Waals surface area contributed by atoms with Gasteiger partial charge in [-0.3, -0.25) is 4.79 Å². The van der Waals surface area contributed by atoms with Crippen molar-refractivity contribution in [3.05, 3.63) is 29.3 Å². The highest BCUT2D eigenvalue weighted by Crippen LogP contribution is 2.24. The maximum Gasteiger partial charge on any atom is 0.255 e. The van der Waals surface area contributed by atoms with Gasteiger partial charge < -0.3 is 0 Å². The molecule has 1 aliphatic rings.